The van der Waals surface area contributed by atoms with E-state index in [1.54, 1.807) is 6.92 Å². The number of rotatable bonds is 10. The number of carbonyl (C=O) groups is 1. The summed E-state index contributed by atoms with van der Waals surface area (Å²) in [6, 6.07) is 0.767. The third kappa shape index (κ3) is 5.46. The molecule has 0 aliphatic carbocycles. The Morgan fingerprint density at radius 2 is 1.68 bits per heavy atom. The van der Waals surface area contributed by atoms with Crippen molar-refractivity contribution < 1.29 is 18.4 Å². The minimum atomic E-state index is -2.51. The number of ether oxygens (including phenoxy) is 1. The fourth-order valence-corrected chi connectivity index (χ4v) is 5.32. The first kappa shape index (κ1) is 18.3. The Balaban J connectivity index is 5.12. The summed E-state index contributed by atoms with van der Waals surface area (Å²) >= 11 is 0. The van der Waals surface area contributed by atoms with Crippen LogP contribution in [0.2, 0.25) is 6.04 Å². The monoisotopic (exact) mass is 288 g/mol. The molecule has 0 aliphatic heterocycles. The molecule has 0 aromatic carbocycles. The van der Waals surface area contributed by atoms with Gasteiger partial charge in [0.25, 0.3) is 0 Å². The van der Waals surface area contributed by atoms with Crippen LogP contribution in [0.5, 0.6) is 0 Å². The molecule has 19 heavy (non-hydrogen) atoms. The van der Waals surface area contributed by atoms with Gasteiger partial charge in [0, 0.05) is 18.8 Å². The van der Waals surface area contributed by atoms with E-state index in [9.17, 15) is 4.79 Å². The van der Waals surface area contributed by atoms with Crippen LogP contribution in [-0.2, 0) is 18.4 Å². The maximum absolute atomic E-state index is 11.8. The molecule has 0 radical (unpaired) electrons. The zero-order chi connectivity index (χ0) is 14.9. The van der Waals surface area contributed by atoms with E-state index in [0.29, 0.717) is 18.8 Å². The van der Waals surface area contributed by atoms with Crippen LogP contribution in [0.4, 0.5) is 0 Å². The minimum Gasteiger partial charge on any atom is -0.457 e. The zero-order valence-electron chi connectivity index (χ0n) is 13.0. The van der Waals surface area contributed by atoms with Crippen molar-refractivity contribution >= 4 is 14.5 Å². The summed E-state index contributed by atoms with van der Waals surface area (Å²) in [6.45, 7) is 14.4. The molecule has 4 nitrogen and oxygen atoms in total. The molecule has 0 bridgehead atoms. The molecule has 0 fully saturated rings. The van der Waals surface area contributed by atoms with Gasteiger partial charge in [-0.05, 0) is 33.2 Å². The molecule has 0 amide bonds. The average Bonchev–Trinajstić information content (AvgIpc) is 2.37. The largest absolute Gasteiger partial charge is 0.457 e. The lowest BCUT2D eigenvalue weighted by Gasteiger charge is -2.35. The van der Waals surface area contributed by atoms with Crippen LogP contribution in [0.25, 0.3) is 0 Å². The number of esters is 1. The van der Waals surface area contributed by atoms with Gasteiger partial charge >= 0.3 is 14.5 Å². The second kappa shape index (κ2) is 9.28. The van der Waals surface area contributed by atoms with E-state index in [-0.39, 0.29) is 11.7 Å². The van der Waals surface area contributed by atoms with Gasteiger partial charge in [0.1, 0.15) is 5.73 Å². The highest BCUT2D eigenvalue weighted by atomic mass is 28.4. The summed E-state index contributed by atoms with van der Waals surface area (Å²) in [5, 5.41) is 0. The zero-order valence-corrected chi connectivity index (χ0v) is 14.0. The summed E-state index contributed by atoms with van der Waals surface area (Å²) < 4.78 is 17.4. The number of hydrogen-bond acceptors (Lipinski definition) is 4. The Kier molecular flexibility index (Phi) is 8.96. The smallest absolute Gasteiger partial charge is 0.380 e. The normalized spacial score (nSPS) is 13.1. The summed E-state index contributed by atoms with van der Waals surface area (Å²) in [7, 11) is -2.51. The van der Waals surface area contributed by atoms with Gasteiger partial charge in [-0.3, -0.25) is 0 Å². The van der Waals surface area contributed by atoms with Gasteiger partial charge in [-0.1, -0.05) is 26.8 Å². The van der Waals surface area contributed by atoms with Gasteiger partial charge < -0.3 is 13.6 Å². The van der Waals surface area contributed by atoms with Crippen molar-refractivity contribution in [2.45, 2.75) is 59.2 Å². The minimum absolute atomic E-state index is 0.272. The predicted octanol–water partition coefficient (Wildman–Crippen LogP) is 3.35. The average molecular weight is 288 g/mol. The standard InChI is InChI=1S/C14H28O4Si/c1-7-11-13(18-14(15)12(5)6)19(10-4,16-8-2)17-9-3/h13H,5,7-11H2,1-4,6H3. The van der Waals surface area contributed by atoms with Crippen molar-refractivity contribution in [3.05, 3.63) is 12.2 Å². The maximum Gasteiger partial charge on any atom is 0.380 e. The molecule has 0 rings (SSSR count). The number of carbonyl (C=O) groups excluding carboxylic acids is 1. The van der Waals surface area contributed by atoms with Gasteiger partial charge in [0.15, 0.2) is 0 Å². The summed E-state index contributed by atoms with van der Waals surface area (Å²) in [6.07, 6.45) is 1.68. The van der Waals surface area contributed by atoms with E-state index in [0.717, 1.165) is 18.9 Å². The molecule has 112 valence electrons. The van der Waals surface area contributed by atoms with Crippen molar-refractivity contribution in [2.24, 2.45) is 0 Å². The number of hydrogen-bond donors (Lipinski definition) is 0. The first-order valence-corrected chi connectivity index (χ1v) is 9.21. The first-order chi connectivity index (χ1) is 8.97. The molecule has 0 aromatic heterocycles. The topological polar surface area (TPSA) is 44.8 Å². The Hall–Kier alpha value is -0.653. The van der Waals surface area contributed by atoms with Crippen molar-refractivity contribution in [3.63, 3.8) is 0 Å². The van der Waals surface area contributed by atoms with E-state index in [1.165, 1.54) is 0 Å². The van der Waals surface area contributed by atoms with Gasteiger partial charge in [-0.15, -0.1) is 0 Å². The Bertz CT molecular complexity index is 285. The predicted molar refractivity (Wildman–Crippen MR) is 79.1 cm³/mol. The molecule has 0 spiro atoms. The Labute approximate surface area is 118 Å². The molecule has 0 heterocycles. The maximum atomic E-state index is 11.8. The summed E-state index contributed by atoms with van der Waals surface area (Å²) in [4.78, 5) is 11.8. The van der Waals surface area contributed by atoms with Gasteiger partial charge in [0.05, 0.1) is 0 Å². The summed E-state index contributed by atoms with van der Waals surface area (Å²) in [5.74, 6) is -0.358. The molecule has 0 saturated heterocycles. The molecule has 0 aromatic rings. The highest BCUT2D eigenvalue weighted by molar-refractivity contribution is 6.68. The van der Waals surface area contributed by atoms with Crippen molar-refractivity contribution in [1.29, 1.82) is 0 Å². The van der Waals surface area contributed by atoms with Crippen LogP contribution in [-0.4, -0.2) is 33.5 Å². The molecule has 0 aliphatic rings. The second-order valence-electron chi connectivity index (χ2n) is 4.49. The van der Waals surface area contributed by atoms with E-state index in [4.69, 9.17) is 13.6 Å². The van der Waals surface area contributed by atoms with Crippen molar-refractivity contribution in [3.8, 4) is 0 Å². The second-order valence-corrected chi connectivity index (χ2v) is 8.05. The van der Waals surface area contributed by atoms with Crippen LogP contribution in [0.1, 0.15) is 47.5 Å². The fourth-order valence-electron chi connectivity index (χ4n) is 2.01. The fraction of sp³-hybridized carbons (Fsp3) is 0.786. The molecular weight excluding hydrogens is 260 g/mol. The van der Waals surface area contributed by atoms with E-state index in [2.05, 4.69) is 13.5 Å². The summed E-state index contributed by atoms with van der Waals surface area (Å²) in [5.41, 5.74) is 0.139. The van der Waals surface area contributed by atoms with Crippen molar-refractivity contribution in [1.82, 2.24) is 0 Å². The van der Waals surface area contributed by atoms with Gasteiger partial charge in [-0.25, -0.2) is 4.79 Å². The van der Waals surface area contributed by atoms with Gasteiger partial charge in [0.2, 0.25) is 0 Å². The Morgan fingerprint density at radius 3 is 2.00 bits per heavy atom. The lowest BCUT2D eigenvalue weighted by Crippen LogP contribution is -2.55. The Morgan fingerprint density at radius 1 is 1.16 bits per heavy atom. The lowest BCUT2D eigenvalue weighted by molar-refractivity contribution is -0.142. The van der Waals surface area contributed by atoms with Crippen LogP contribution in [0.15, 0.2) is 12.2 Å². The molecule has 1 atom stereocenters. The third-order valence-electron chi connectivity index (χ3n) is 2.91. The van der Waals surface area contributed by atoms with E-state index < -0.39 is 8.56 Å². The van der Waals surface area contributed by atoms with Crippen molar-refractivity contribution in [2.75, 3.05) is 13.2 Å². The third-order valence-corrected chi connectivity index (χ3v) is 6.84. The van der Waals surface area contributed by atoms with E-state index >= 15 is 0 Å². The van der Waals surface area contributed by atoms with E-state index in [1.807, 2.05) is 20.8 Å². The highest BCUT2D eigenvalue weighted by Crippen LogP contribution is 2.25. The lowest BCUT2D eigenvalue weighted by atomic mass is 10.3. The van der Waals surface area contributed by atoms with Gasteiger partial charge in [-0.2, -0.15) is 0 Å². The van der Waals surface area contributed by atoms with Crippen LogP contribution >= 0.6 is 0 Å². The van der Waals surface area contributed by atoms with Crippen LogP contribution in [0, 0.1) is 0 Å². The first-order valence-electron chi connectivity index (χ1n) is 7.11. The highest BCUT2D eigenvalue weighted by Gasteiger charge is 2.46. The quantitative estimate of drug-likeness (QED) is 0.351. The molecule has 0 N–H and O–H groups in total. The molecule has 5 heteroatoms. The molecular formula is C14H28O4Si. The molecule has 0 saturated carbocycles. The van der Waals surface area contributed by atoms with Crippen LogP contribution < -0.4 is 0 Å². The van der Waals surface area contributed by atoms with Crippen LogP contribution in [0.3, 0.4) is 0 Å². The molecule has 1 unspecified atom stereocenters. The SMILES string of the molecule is C=C(C)C(=O)OC(CCC)[Si](CC)(OCC)OCC.